The van der Waals surface area contributed by atoms with E-state index in [9.17, 15) is 9.90 Å². The maximum atomic E-state index is 13.8. The van der Waals surface area contributed by atoms with Crippen LogP contribution in [0.15, 0.2) is 48.5 Å². The van der Waals surface area contributed by atoms with Crippen LogP contribution < -0.4 is 9.64 Å². The molecule has 5 heteroatoms. The van der Waals surface area contributed by atoms with Crippen molar-refractivity contribution < 1.29 is 14.6 Å². The fourth-order valence-corrected chi connectivity index (χ4v) is 5.77. The van der Waals surface area contributed by atoms with Crippen LogP contribution in [0.3, 0.4) is 0 Å². The summed E-state index contributed by atoms with van der Waals surface area (Å²) >= 11 is 0. The van der Waals surface area contributed by atoms with E-state index in [-0.39, 0.29) is 17.9 Å². The van der Waals surface area contributed by atoms with Gasteiger partial charge in [0, 0.05) is 31.2 Å². The van der Waals surface area contributed by atoms with Crippen molar-refractivity contribution in [2.24, 2.45) is 5.92 Å². The second-order valence-electron chi connectivity index (χ2n) is 9.11. The molecule has 0 spiro atoms. The number of methoxy groups -OCH3 is 1. The van der Waals surface area contributed by atoms with Gasteiger partial charge in [-0.1, -0.05) is 37.1 Å². The fourth-order valence-electron chi connectivity index (χ4n) is 5.77. The third-order valence-electron chi connectivity index (χ3n) is 7.53. The van der Waals surface area contributed by atoms with Crippen molar-refractivity contribution in [1.82, 2.24) is 4.90 Å². The van der Waals surface area contributed by atoms with Crippen LogP contribution in [0.4, 0.5) is 5.69 Å². The SMILES string of the molecule is CCN(CC)c1ccc(C2C3CCCCC3(O)CCN2C(=O)c2ccccc2OC)cc1. The monoisotopic (exact) mass is 436 g/mol. The molecule has 4 rings (SSSR count). The average Bonchev–Trinajstić information content (AvgIpc) is 2.84. The zero-order chi connectivity index (χ0) is 22.7. The number of rotatable bonds is 6. The first-order valence-electron chi connectivity index (χ1n) is 12.0. The summed E-state index contributed by atoms with van der Waals surface area (Å²) in [6.07, 6.45) is 4.54. The van der Waals surface area contributed by atoms with Gasteiger partial charge in [0.15, 0.2) is 0 Å². The smallest absolute Gasteiger partial charge is 0.258 e. The fraction of sp³-hybridized carbons (Fsp3) is 0.519. The first kappa shape index (κ1) is 22.7. The molecule has 1 saturated carbocycles. The summed E-state index contributed by atoms with van der Waals surface area (Å²) in [5.74, 6) is 0.619. The number of hydrogen-bond acceptors (Lipinski definition) is 4. The number of amides is 1. The molecule has 2 aromatic carbocycles. The summed E-state index contributed by atoms with van der Waals surface area (Å²) in [4.78, 5) is 18.1. The highest BCUT2D eigenvalue weighted by Crippen LogP contribution is 2.50. The summed E-state index contributed by atoms with van der Waals surface area (Å²) in [5.41, 5.74) is 2.18. The minimum absolute atomic E-state index is 0.0205. The van der Waals surface area contributed by atoms with Crippen LogP contribution in [0.5, 0.6) is 5.75 Å². The predicted molar refractivity (Wildman–Crippen MR) is 128 cm³/mol. The number of fused-ring (bicyclic) bond motifs is 1. The number of benzene rings is 2. The molecular weight excluding hydrogens is 400 g/mol. The van der Waals surface area contributed by atoms with Gasteiger partial charge in [-0.15, -0.1) is 0 Å². The number of para-hydroxylation sites is 1. The molecule has 3 unspecified atom stereocenters. The molecule has 2 aliphatic rings. The first-order chi connectivity index (χ1) is 15.5. The molecule has 2 fully saturated rings. The molecule has 0 radical (unpaired) electrons. The van der Waals surface area contributed by atoms with Gasteiger partial charge in [-0.05, 0) is 62.9 Å². The van der Waals surface area contributed by atoms with Crippen molar-refractivity contribution in [3.8, 4) is 5.75 Å². The van der Waals surface area contributed by atoms with E-state index in [1.807, 2.05) is 29.2 Å². The average molecular weight is 437 g/mol. The third kappa shape index (κ3) is 4.11. The van der Waals surface area contributed by atoms with Gasteiger partial charge >= 0.3 is 0 Å². The van der Waals surface area contributed by atoms with E-state index in [1.54, 1.807) is 7.11 Å². The van der Waals surface area contributed by atoms with Crippen molar-refractivity contribution in [2.75, 3.05) is 31.6 Å². The number of carbonyl (C=O) groups is 1. The van der Waals surface area contributed by atoms with Crippen LogP contribution in [0.2, 0.25) is 0 Å². The zero-order valence-corrected chi connectivity index (χ0v) is 19.6. The maximum Gasteiger partial charge on any atom is 0.258 e. The molecule has 32 heavy (non-hydrogen) atoms. The molecule has 5 nitrogen and oxygen atoms in total. The zero-order valence-electron chi connectivity index (χ0n) is 19.6. The number of nitrogens with zero attached hydrogens (tertiary/aromatic N) is 2. The summed E-state index contributed by atoms with van der Waals surface area (Å²) in [6, 6.07) is 15.9. The van der Waals surface area contributed by atoms with Gasteiger partial charge in [0.2, 0.25) is 0 Å². The minimum Gasteiger partial charge on any atom is -0.496 e. The van der Waals surface area contributed by atoms with Gasteiger partial charge in [-0.25, -0.2) is 0 Å². The van der Waals surface area contributed by atoms with Crippen molar-refractivity contribution in [3.05, 3.63) is 59.7 Å². The van der Waals surface area contributed by atoms with Gasteiger partial charge < -0.3 is 19.6 Å². The van der Waals surface area contributed by atoms with Crippen LogP contribution in [0, 0.1) is 5.92 Å². The van der Waals surface area contributed by atoms with Crippen LogP contribution in [0.25, 0.3) is 0 Å². The van der Waals surface area contributed by atoms with Crippen LogP contribution >= 0.6 is 0 Å². The van der Waals surface area contributed by atoms with Gasteiger partial charge in [0.1, 0.15) is 5.75 Å². The highest BCUT2D eigenvalue weighted by Gasteiger charge is 2.50. The largest absolute Gasteiger partial charge is 0.496 e. The lowest BCUT2D eigenvalue weighted by atomic mass is 9.66. The molecule has 1 N–H and O–H groups in total. The Bertz CT molecular complexity index is 925. The first-order valence-corrected chi connectivity index (χ1v) is 12.0. The summed E-state index contributed by atoms with van der Waals surface area (Å²) in [5, 5.41) is 11.5. The predicted octanol–water partition coefficient (Wildman–Crippen LogP) is 5.05. The number of aliphatic hydroxyl groups is 1. The molecule has 3 atom stereocenters. The molecule has 1 heterocycles. The van der Waals surface area contributed by atoms with Gasteiger partial charge in [-0.3, -0.25) is 4.79 Å². The Labute approximate surface area is 192 Å². The standard InChI is InChI=1S/C27H36N2O3/c1-4-28(5-2)21-15-13-20(14-16-21)25-23-11-8-9-17-27(23,31)18-19-29(25)26(30)22-10-6-7-12-24(22)32-3/h6-7,10,12-16,23,25,31H,4-5,8-9,11,17-19H2,1-3H3. The second kappa shape index (κ2) is 9.53. The Morgan fingerprint density at radius 1 is 1.09 bits per heavy atom. The Hall–Kier alpha value is -2.53. The van der Waals surface area contributed by atoms with E-state index in [0.717, 1.165) is 44.3 Å². The van der Waals surface area contributed by atoms with Crippen LogP contribution in [0.1, 0.15) is 67.9 Å². The lowest BCUT2D eigenvalue weighted by Gasteiger charge is -2.52. The maximum absolute atomic E-state index is 13.8. The minimum atomic E-state index is -0.696. The number of piperidine rings is 1. The number of hydrogen-bond donors (Lipinski definition) is 1. The Balaban J connectivity index is 1.73. The highest BCUT2D eigenvalue weighted by molar-refractivity contribution is 5.97. The van der Waals surface area contributed by atoms with Gasteiger partial charge in [0.05, 0.1) is 24.3 Å². The third-order valence-corrected chi connectivity index (χ3v) is 7.53. The van der Waals surface area contributed by atoms with E-state index in [1.165, 1.54) is 5.69 Å². The lowest BCUT2D eigenvalue weighted by Crippen LogP contribution is -2.56. The molecule has 0 bridgehead atoms. The molecule has 1 amide bonds. The van der Waals surface area contributed by atoms with Crippen LogP contribution in [-0.2, 0) is 0 Å². The van der Waals surface area contributed by atoms with Crippen molar-refractivity contribution >= 4 is 11.6 Å². The number of carbonyl (C=O) groups excluding carboxylic acids is 1. The summed E-state index contributed by atoms with van der Waals surface area (Å²) in [7, 11) is 1.60. The number of ether oxygens (including phenoxy) is 1. The van der Waals surface area contributed by atoms with Gasteiger partial charge in [-0.2, -0.15) is 0 Å². The second-order valence-corrected chi connectivity index (χ2v) is 9.11. The molecule has 1 saturated heterocycles. The van der Waals surface area contributed by atoms with E-state index < -0.39 is 5.60 Å². The Kier molecular flexibility index (Phi) is 6.75. The summed E-state index contributed by atoms with van der Waals surface area (Å²) in [6.45, 7) is 6.79. The van der Waals surface area contributed by atoms with Gasteiger partial charge in [0.25, 0.3) is 5.91 Å². The Morgan fingerprint density at radius 3 is 2.50 bits per heavy atom. The Morgan fingerprint density at radius 2 is 1.81 bits per heavy atom. The topological polar surface area (TPSA) is 53.0 Å². The van der Waals surface area contributed by atoms with E-state index in [0.29, 0.717) is 24.3 Å². The number of likely N-dealkylation sites (tertiary alicyclic amines) is 1. The van der Waals surface area contributed by atoms with Crippen molar-refractivity contribution in [3.63, 3.8) is 0 Å². The van der Waals surface area contributed by atoms with E-state index in [4.69, 9.17) is 4.74 Å². The summed E-state index contributed by atoms with van der Waals surface area (Å²) < 4.78 is 5.49. The molecule has 2 aromatic rings. The molecule has 1 aliphatic heterocycles. The molecule has 0 aromatic heterocycles. The van der Waals surface area contributed by atoms with E-state index >= 15 is 0 Å². The van der Waals surface area contributed by atoms with Crippen LogP contribution in [-0.4, -0.2) is 48.3 Å². The van der Waals surface area contributed by atoms with Crippen molar-refractivity contribution in [1.29, 1.82) is 0 Å². The normalized spacial score (nSPS) is 25.2. The lowest BCUT2D eigenvalue weighted by molar-refractivity contribution is -0.115. The molecular formula is C27H36N2O3. The number of anilines is 1. The quantitative estimate of drug-likeness (QED) is 0.688. The van der Waals surface area contributed by atoms with E-state index in [2.05, 4.69) is 43.0 Å². The molecule has 172 valence electrons. The molecule has 1 aliphatic carbocycles. The van der Waals surface area contributed by atoms with Crippen molar-refractivity contribution in [2.45, 2.75) is 57.6 Å². The highest BCUT2D eigenvalue weighted by atomic mass is 16.5.